The number of sulfonamides is 1. The summed E-state index contributed by atoms with van der Waals surface area (Å²) in [5.74, 6) is 0.554. The molecule has 0 unspecified atom stereocenters. The Hall–Kier alpha value is -2.78. The average molecular weight is 357 g/mol. The fourth-order valence-electron chi connectivity index (χ4n) is 2.81. The lowest BCUT2D eigenvalue weighted by atomic mass is 10.2. The maximum absolute atomic E-state index is 12.4. The zero-order chi connectivity index (χ0) is 17.4. The molecule has 0 saturated heterocycles. The summed E-state index contributed by atoms with van der Waals surface area (Å²) in [6.07, 6.45) is 2.45. The van der Waals surface area contributed by atoms with Crippen molar-refractivity contribution in [2.45, 2.75) is 17.7 Å². The molecule has 2 N–H and O–H groups in total. The van der Waals surface area contributed by atoms with Crippen LogP contribution in [0.1, 0.15) is 11.4 Å². The number of pyridine rings is 1. The normalized spacial score (nSPS) is 13.8. The summed E-state index contributed by atoms with van der Waals surface area (Å²) in [7, 11) is -3.65. The monoisotopic (exact) mass is 357 g/mol. The third-order valence-electron chi connectivity index (χ3n) is 4.04. The Morgan fingerprint density at radius 2 is 2.08 bits per heavy atom. The van der Waals surface area contributed by atoms with Crippen LogP contribution in [0.2, 0.25) is 0 Å². The van der Waals surface area contributed by atoms with Crippen molar-refractivity contribution in [3.63, 3.8) is 0 Å². The second-order valence-corrected chi connectivity index (χ2v) is 7.50. The van der Waals surface area contributed by atoms with Gasteiger partial charge in [0.15, 0.2) is 5.65 Å². The zero-order valence-electron chi connectivity index (χ0n) is 13.1. The van der Waals surface area contributed by atoms with Gasteiger partial charge in [0.25, 0.3) is 0 Å². The zero-order valence-corrected chi connectivity index (χ0v) is 14.0. The van der Waals surface area contributed by atoms with Gasteiger partial charge in [0, 0.05) is 24.8 Å². The van der Waals surface area contributed by atoms with Gasteiger partial charge in [-0.2, -0.15) is 0 Å². The lowest BCUT2D eigenvalue weighted by Gasteiger charge is -2.08. The Balaban J connectivity index is 1.47. The number of nitrogens with zero attached hydrogens (tertiary/aromatic N) is 3. The van der Waals surface area contributed by atoms with Gasteiger partial charge in [-0.3, -0.25) is 9.20 Å². The molecule has 9 heteroatoms. The highest BCUT2D eigenvalue weighted by Crippen LogP contribution is 2.25. The standard InChI is InChI=1S/C16H15N5O3S/c22-16-10-11-9-12(4-5-13(11)18-16)25(23,24)17-7-6-15-20-19-14-3-1-2-8-21(14)15/h1-5,8-9,17H,6-7,10H2,(H,18,22). The molecule has 3 aromatic rings. The summed E-state index contributed by atoms with van der Waals surface area (Å²) in [5.41, 5.74) is 2.08. The van der Waals surface area contributed by atoms with Crippen LogP contribution in [-0.4, -0.2) is 35.5 Å². The molecular formula is C16H15N5O3S. The second kappa shape index (κ2) is 5.94. The van der Waals surface area contributed by atoms with Gasteiger partial charge in [0.1, 0.15) is 5.82 Å². The molecule has 1 amide bonds. The fourth-order valence-corrected chi connectivity index (χ4v) is 3.90. The van der Waals surface area contributed by atoms with E-state index in [-0.39, 0.29) is 23.8 Å². The van der Waals surface area contributed by atoms with Crippen LogP contribution in [0, 0.1) is 0 Å². The van der Waals surface area contributed by atoms with Gasteiger partial charge in [-0.25, -0.2) is 13.1 Å². The first-order valence-corrected chi connectivity index (χ1v) is 9.22. The van der Waals surface area contributed by atoms with E-state index in [4.69, 9.17) is 0 Å². The second-order valence-electron chi connectivity index (χ2n) is 5.74. The van der Waals surface area contributed by atoms with Crippen molar-refractivity contribution in [2.75, 3.05) is 11.9 Å². The molecule has 2 aromatic heterocycles. The van der Waals surface area contributed by atoms with Gasteiger partial charge < -0.3 is 5.32 Å². The average Bonchev–Trinajstić information content (AvgIpc) is 3.16. The van der Waals surface area contributed by atoms with Crippen LogP contribution in [0.15, 0.2) is 47.5 Å². The van der Waals surface area contributed by atoms with E-state index in [1.54, 1.807) is 6.07 Å². The minimum absolute atomic E-state index is 0.129. The van der Waals surface area contributed by atoms with Crippen LogP contribution in [0.4, 0.5) is 5.69 Å². The number of aromatic nitrogens is 3. The number of hydrogen-bond acceptors (Lipinski definition) is 5. The quantitative estimate of drug-likeness (QED) is 0.701. The number of carbonyl (C=O) groups excluding carboxylic acids is 1. The van der Waals surface area contributed by atoms with E-state index in [0.29, 0.717) is 23.5 Å². The third-order valence-corrected chi connectivity index (χ3v) is 5.50. The van der Waals surface area contributed by atoms with Crippen LogP contribution < -0.4 is 10.0 Å². The highest BCUT2D eigenvalue weighted by Gasteiger charge is 2.21. The number of anilines is 1. The predicted octanol–water partition coefficient (Wildman–Crippen LogP) is 0.745. The largest absolute Gasteiger partial charge is 0.326 e. The number of hydrogen-bond donors (Lipinski definition) is 2. The first-order chi connectivity index (χ1) is 12.0. The van der Waals surface area contributed by atoms with Crippen LogP contribution >= 0.6 is 0 Å². The fraction of sp³-hybridized carbons (Fsp3) is 0.188. The van der Waals surface area contributed by atoms with Crippen LogP contribution in [-0.2, 0) is 27.7 Å². The third kappa shape index (κ3) is 2.99. The Bertz CT molecular complexity index is 1070. The molecule has 128 valence electrons. The highest BCUT2D eigenvalue weighted by molar-refractivity contribution is 7.89. The predicted molar refractivity (Wildman–Crippen MR) is 90.7 cm³/mol. The van der Waals surface area contributed by atoms with Gasteiger partial charge in [-0.1, -0.05) is 6.07 Å². The van der Waals surface area contributed by atoms with Crippen molar-refractivity contribution in [1.82, 2.24) is 19.3 Å². The van der Waals surface area contributed by atoms with E-state index in [0.717, 1.165) is 5.65 Å². The topological polar surface area (TPSA) is 105 Å². The van der Waals surface area contributed by atoms with Crippen LogP contribution in [0.3, 0.4) is 0 Å². The van der Waals surface area contributed by atoms with Crippen molar-refractivity contribution < 1.29 is 13.2 Å². The Labute approximate surface area is 143 Å². The number of nitrogens with one attached hydrogen (secondary N) is 2. The summed E-state index contributed by atoms with van der Waals surface area (Å²) in [5, 5.41) is 10.8. The van der Waals surface area contributed by atoms with Crippen LogP contribution in [0.5, 0.6) is 0 Å². The summed E-state index contributed by atoms with van der Waals surface area (Å²) in [4.78, 5) is 11.5. The van der Waals surface area contributed by atoms with Gasteiger partial charge >= 0.3 is 0 Å². The number of fused-ring (bicyclic) bond motifs is 2. The molecule has 0 saturated carbocycles. The first-order valence-electron chi connectivity index (χ1n) is 7.74. The smallest absolute Gasteiger partial charge is 0.240 e. The lowest BCUT2D eigenvalue weighted by molar-refractivity contribution is -0.115. The van der Waals surface area contributed by atoms with E-state index in [9.17, 15) is 13.2 Å². The number of benzene rings is 1. The van der Waals surface area contributed by atoms with E-state index in [1.807, 2.05) is 28.8 Å². The molecule has 8 nitrogen and oxygen atoms in total. The molecule has 1 aliphatic rings. The number of carbonyl (C=O) groups is 1. The lowest BCUT2D eigenvalue weighted by Crippen LogP contribution is -2.26. The molecule has 0 fully saturated rings. The molecule has 4 rings (SSSR count). The summed E-state index contributed by atoms with van der Waals surface area (Å²) in [6, 6.07) is 10.2. The van der Waals surface area contributed by atoms with E-state index in [1.165, 1.54) is 12.1 Å². The highest BCUT2D eigenvalue weighted by atomic mass is 32.2. The van der Waals surface area contributed by atoms with Crippen molar-refractivity contribution in [3.05, 3.63) is 54.0 Å². The van der Waals surface area contributed by atoms with Gasteiger partial charge in [0.2, 0.25) is 15.9 Å². The Morgan fingerprint density at radius 1 is 1.20 bits per heavy atom. The molecular weight excluding hydrogens is 342 g/mol. The van der Waals surface area contributed by atoms with Crippen molar-refractivity contribution in [1.29, 1.82) is 0 Å². The maximum atomic E-state index is 12.4. The summed E-state index contributed by atoms with van der Waals surface area (Å²) in [6.45, 7) is 0.201. The van der Waals surface area contributed by atoms with E-state index in [2.05, 4.69) is 20.2 Å². The molecule has 1 aliphatic heterocycles. The van der Waals surface area contributed by atoms with Crippen molar-refractivity contribution in [3.8, 4) is 0 Å². The molecule has 0 atom stereocenters. The minimum Gasteiger partial charge on any atom is -0.326 e. The minimum atomic E-state index is -3.65. The van der Waals surface area contributed by atoms with E-state index < -0.39 is 10.0 Å². The van der Waals surface area contributed by atoms with Crippen molar-refractivity contribution in [2.24, 2.45) is 0 Å². The molecule has 0 radical (unpaired) electrons. The Kier molecular flexibility index (Phi) is 3.74. The SMILES string of the molecule is O=C1Cc2cc(S(=O)(=O)NCCc3nnc4ccccn34)ccc2N1. The summed E-state index contributed by atoms with van der Waals surface area (Å²) < 4.78 is 29.3. The number of amides is 1. The Morgan fingerprint density at radius 3 is 2.96 bits per heavy atom. The van der Waals surface area contributed by atoms with Gasteiger partial charge in [0.05, 0.1) is 11.3 Å². The maximum Gasteiger partial charge on any atom is 0.240 e. The van der Waals surface area contributed by atoms with Crippen LogP contribution in [0.25, 0.3) is 5.65 Å². The van der Waals surface area contributed by atoms with Crippen molar-refractivity contribution >= 4 is 27.3 Å². The molecule has 1 aromatic carbocycles. The number of rotatable bonds is 5. The molecule has 0 aliphatic carbocycles. The molecule has 3 heterocycles. The molecule has 0 spiro atoms. The van der Waals surface area contributed by atoms with Gasteiger partial charge in [-0.05, 0) is 35.9 Å². The first kappa shape index (κ1) is 15.7. The molecule has 0 bridgehead atoms. The van der Waals surface area contributed by atoms with Gasteiger partial charge in [-0.15, -0.1) is 10.2 Å². The van der Waals surface area contributed by atoms with E-state index >= 15 is 0 Å². The summed E-state index contributed by atoms with van der Waals surface area (Å²) >= 11 is 0. The molecule has 25 heavy (non-hydrogen) atoms.